The van der Waals surface area contributed by atoms with Gasteiger partial charge in [-0.1, -0.05) is 34.9 Å². The Morgan fingerprint density at radius 1 is 0.800 bits per heavy atom. The highest BCUT2D eigenvalue weighted by Gasteiger charge is 1.90. The van der Waals surface area contributed by atoms with Gasteiger partial charge in [0.05, 0.1) is 0 Å². The average molecular weight is 206 g/mol. The fraction of sp³-hybridized carbons (Fsp3) is 0.600. The van der Waals surface area contributed by atoms with E-state index in [0.29, 0.717) is 0 Å². The molecular formula is C15H26. The molecule has 0 unspecified atom stereocenters. The first-order valence-corrected chi connectivity index (χ1v) is 5.97. The van der Waals surface area contributed by atoms with Crippen molar-refractivity contribution in [3.63, 3.8) is 0 Å². The van der Waals surface area contributed by atoms with Crippen LogP contribution in [0.15, 0.2) is 34.9 Å². The zero-order chi connectivity index (χ0) is 11.7. The lowest BCUT2D eigenvalue weighted by molar-refractivity contribution is 0.917. The molecule has 0 aromatic rings. The minimum Gasteiger partial charge on any atom is -0.0887 e. The Morgan fingerprint density at radius 3 is 1.87 bits per heavy atom. The molecule has 0 bridgehead atoms. The highest BCUT2D eigenvalue weighted by molar-refractivity contribution is 5.04. The van der Waals surface area contributed by atoms with E-state index < -0.39 is 0 Å². The van der Waals surface area contributed by atoms with Crippen LogP contribution in [-0.4, -0.2) is 0 Å². The van der Waals surface area contributed by atoms with Crippen molar-refractivity contribution in [3.8, 4) is 0 Å². The van der Waals surface area contributed by atoms with Gasteiger partial charge in [-0.25, -0.2) is 0 Å². The van der Waals surface area contributed by atoms with Crippen LogP contribution >= 0.6 is 0 Å². The summed E-state index contributed by atoms with van der Waals surface area (Å²) in [5, 5.41) is 0. The van der Waals surface area contributed by atoms with Gasteiger partial charge < -0.3 is 0 Å². The van der Waals surface area contributed by atoms with E-state index in [1.165, 1.54) is 42.4 Å². The van der Waals surface area contributed by atoms with Gasteiger partial charge in [-0.2, -0.15) is 0 Å². The second kappa shape index (κ2) is 8.52. The average Bonchev–Trinajstić information content (AvgIpc) is 2.17. The molecule has 15 heavy (non-hydrogen) atoms. The summed E-state index contributed by atoms with van der Waals surface area (Å²) >= 11 is 0. The van der Waals surface area contributed by atoms with Crippen molar-refractivity contribution >= 4 is 0 Å². The van der Waals surface area contributed by atoms with Gasteiger partial charge in [-0.15, -0.1) is 0 Å². The summed E-state index contributed by atoms with van der Waals surface area (Å²) in [4.78, 5) is 0. The van der Waals surface area contributed by atoms with E-state index in [2.05, 4.69) is 52.8 Å². The minimum atomic E-state index is 1.19. The Labute approximate surface area is 95.8 Å². The van der Waals surface area contributed by atoms with Gasteiger partial charge in [0.1, 0.15) is 0 Å². The molecule has 0 fully saturated rings. The van der Waals surface area contributed by atoms with Crippen molar-refractivity contribution in [2.45, 2.75) is 60.3 Å². The van der Waals surface area contributed by atoms with E-state index in [4.69, 9.17) is 0 Å². The van der Waals surface area contributed by atoms with Crippen LogP contribution in [0.1, 0.15) is 60.3 Å². The molecule has 0 nitrogen and oxygen atoms in total. The minimum absolute atomic E-state index is 1.19. The lowest BCUT2D eigenvalue weighted by Crippen LogP contribution is -1.80. The summed E-state index contributed by atoms with van der Waals surface area (Å²) in [7, 11) is 0. The molecule has 0 N–H and O–H groups in total. The van der Waals surface area contributed by atoms with E-state index in [1.54, 1.807) is 0 Å². The first kappa shape index (κ1) is 14.2. The zero-order valence-corrected chi connectivity index (χ0v) is 11.1. The molecular weight excluding hydrogens is 180 g/mol. The van der Waals surface area contributed by atoms with Gasteiger partial charge in [0.2, 0.25) is 0 Å². The van der Waals surface area contributed by atoms with Gasteiger partial charge in [0.15, 0.2) is 0 Å². The third kappa shape index (κ3) is 9.52. The molecule has 0 aromatic heterocycles. The van der Waals surface area contributed by atoms with Crippen LogP contribution in [0, 0.1) is 0 Å². The SMILES string of the molecule is C/C=C(/C)CC/C=C(/C)CCC=C(C)C. The molecule has 0 atom stereocenters. The summed E-state index contributed by atoms with van der Waals surface area (Å²) < 4.78 is 0. The summed E-state index contributed by atoms with van der Waals surface area (Å²) in [5.41, 5.74) is 4.44. The van der Waals surface area contributed by atoms with Crippen molar-refractivity contribution in [2.75, 3.05) is 0 Å². The maximum atomic E-state index is 2.38. The predicted molar refractivity (Wildman–Crippen MR) is 71.1 cm³/mol. The third-order valence-electron chi connectivity index (χ3n) is 2.62. The number of hydrogen-bond acceptors (Lipinski definition) is 0. The molecule has 0 amide bonds. The van der Waals surface area contributed by atoms with E-state index in [-0.39, 0.29) is 0 Å². The van der Waals surface area contributed by atoms with E-state index in [9.17, 15) is 0 Å². The van der Waals surface area contributed by atoms with Gasteiger partial charge >= 0.3 is 0 Å². The largest absolute Gasteiger partial charge is 0.0887 e. The molecule has 86 valence electrons. The van der Waals surface area contributed by atoms with Crippen molar-refractivity contribution in [3.05, 3.63) is 34.9 Å². The Bertz CT molecular complexity index is 247. The Kier molecular flexibility index (Phi) is 8.08. The normalized spacial score (nSPS) is 12.9. The molecule has 0 aliphatic heterocycles. The van der Waals surface area contributed by atoms with Crippen LogP contribution < -0.4 is 0 Å². The van der Waals surface area contributed by atoms with Crippen LogP contribution in [0.5, 0.6) is 0 Å². The van der Waals surface area contributed by atoms with Gasteiger partial charge in [0, 0.05) is 0 Å². The van der Waals surface area contributed by atoms with Crippen molar-refractivity contribution in [1.29, 1.82) is 0 Å². The fourth-order valence-corrected chi connectivity index (χ4v) is 1.38. The van der Waals surface area contributed by atoms with Crippen LogP contribution in [0.25, 0.3) is 0 Å². The molecule has 0 aromatic carbocycles. The topological polar surface area (TPSA) is 0 Å². The first-order chi connectivity index (χ1) is 7.06. The van der Waals surface area contributed by atoms with Crippen LogP contribution in [-0.2, 0) is 0 Å². The molecule has 0 spiro atoms. The van der Waals surface area contributed by atoms with Crippen molar-refractivity contribution in [1.82, 2.24) is 0 Å². The van der Waals surface area contributed by atoms with Crippen LogP contribution in [0.2, 0.25) is 0 Å². The maximum absolute atomic E-state index is 2.38. The second-order valence-electron chi connectivity index (χ2n) is 4.54. The van der Waals surface area contributed by atoms with E-state index in [1.807, 2.05) is 0 Å². The predicted octanol–water partition coefficient (Wildman–Crippen LogP) is 5.43. The number of rotatable bonds is 6. The van der Waals surface area contributed by atoms with E-state index >= 15 is 0 Å². The highest BCUT2D eigenvalue weighted by atomic mass is 14.0. The molecule has 0 aliphatic rings. The molecule has 0 aliphatic carbocycles. The summed E-state index contributed by atoms with van der Waals surface area (Å²) in [6.07, 6.45) is 11.7. The first-order valence-electron chi connectivity index (χ1n) is 5.97. The third-order valence-corrected chi connectivity index (χ3v) is 2.62. The second-order valence-corrected chi connectivity index (χ2v) is 4.54. The molecule has 0 saturated carbocycles. The molecule has 0 heterocycles. The summed E-state index contributed by atoms with van der Waals surface area (Å²) in [6.45, 7) is 10.9. The van der Waals surface area contributed by atoms with E-state index in [0.717, 1.165) is 0 Å². The van der Waals surface area contributed by atoms with Gasteiger partial charge in [-0.05, 0) is 60.3 Å². The standard InChI is InChI=1S/C15H26/c1-6-14(4)10-8-12-15(5)11-7-9-13(2)3/h6,9,12H,7-8,10-11H2,1-5H3/b14-6-,15-12-. The lowest BCUT2D eigenvalue weighted by Gasteiger charge is -2.00. The summed E-state index contributed by atoms with van der Waals surface area (Å²) in [6, 6.07) is 0. The molecule has 0 radical (unpaired) electrons. The lowest BCUT2D eigenvalue weighted by atomic mass is 10.1. The van der Waals surface area contributed by atoms with Gasteiger partial charge in [-0.3, -0.25) is 0 Å². The Morgan fingerprint density at radius 2 is 1.33 bits per heavy atom. The Balaban J connectivity index is 3.75. The molecule has 0 saturated heterocycles. The monoisotopic (exact) mass is 206 g/mol. The fourth-order valence-electron chi connectivity index (χ4n) is 1.38. The number of allylic oxidation sites excluding steroid dienone is 6. The van der Waals surface area contributed by atoms with Gasteiger partial charge in [0.25, 0.3) is 0 Å². The number of hydrogen-bond donors (Lipinski definition) is 0. The summed E-state index contributed by atoms with van der Waals surface area (Å²) in [5.74, 6) is 0. The molecule has 0 rings (SSSR count). The smallest absolute Gasteiger partial charge is 0.0288 e. The molecule has 0 heteroatoms. The zero-order valence-electron chi connectivity index (χ0n) is 11.1. The highest BCUT2D eigenvalue weighted by Crippen LogP contribution is 2.10. The van der Waals surface area contributed by atoms with Crippen molar-refractivity contribution in [2.24, 2.45) is 0 Å². The van der Waals surface area contributed by atoms with Crippen LogP contribution in [0.3, 0.4) is 0 Å². The quantitative estimate of drug-likeness (QED) is 0.509. The maximum Gasteiger partial charge on any atom is -0.0288 e. The van der Waals surface area contributed by atoms with Crippen molar-refractivity contribution < 1.29 is 0 Å². The Hall–Kier alpha value is -0.780. The van der Waals surface area contributed by atoms with Crippen LogP contribution in [0.4, 0.5) is 0 Å².